The van der Waals surface area contributed by atoms with Crippen LogP contribution in [0, 0.1) is 5.92 Å². The van der Waals surface area contributed by atoms with Gasteiger partial charge >= 0.3 is 0 Å². The average molecular weight is 325 g/mol. The monoisotopic (exact) mass is 324 g/mol. The van der Waals surface area contributed by atoms with Gasteiger partial charge in [-0.1, -0.05) is 13.8 Å². The van der Waals surface area contributed by atoms with E-state index >= 15 is 0 Å². The van der Waals surface area contributed by atoms with E-state index in [-0.39, 0.29) is 5.60 Å². The average Bonchev–Trinajstić information content (AvgIpc) is 3.11. The van der Waals surface area contributed by atoms with E-state index in [9.17, 15) is 0 Å². The molecular weight excluding hydrogens is 288 g/mol. The lowest BCUT2D eigenvalue weighted by Gasteiger charge is -2.27. The summed E-state index contributed by atoms with van der Waals surface area (Å²) in [6.45, 7) is 14.8. The Kier molecular flexibility index (Phi) is 7.15. The van der Waals surface area contributed by atoms with Gasteiger partial charge in [0.05, 0.1) is 12.1 Å². The zero-order chi connectivity index (χ0) is 16.7. The molecule has 0 aromatic carbocycles. The zero-order valence-corrected chi connectivity index (χ0v) is 15.5. The molecule has 0 aromatic rings. The van der Waals surface area contributed by atoms with Crippen LogP contribution in [0.4, 0.5) is 0 Å². The fraction of sp³-hybridized carbons (Fsp3) is 0.944. The number of rotatable bonds is 7. The van der Waals surface area contributed by atoms with Crippen molar-refractivity contribution in [3.8, 4) is 0 Å². The third kappa shape index (κ3) is 5.96. The highest BCUT2D eigenvalue weighted by Crippen LogP contribution is 2.25. The summed E-state index contributed by atoms with van der Waals surface area (Å²) >= 11 is 0. The molecule has 0 radical (unpaired) electrons. The van der Waals surface area contributed by atoms with Gasteiger partial charge in [0.2, 0.25) is 0 Å². The summed E-state index contributed by atoms with van der Waals surface area (Å²) in [4.78, 5) is 7.39. The van der Waals surface area contributed by atoms with Crippen LogP contribution in [0.25, 0.3) is 0 Å². The molecule has 2 saturated heterocycles. The smallest absolute Gasteiger partial charge is 0.191 e. The van der Waals surface area contributed by atoms with E-state index in [1.807, 2.05) is 0 Å². The predicted molar refractivity (Wildman–Crippen MR) is 97.0 cm³/mol. The van der Waals surface area contributed by atoms with Crippen LogP contribution in [0.5, 0.6) is 0 Å². The minimum atomic E-state index is -0.0701. The molecule has 2 rings (SSSR count). The van der Waals surface area contributed by atoms with E-state index in [0.717, 1.165) is 51.0 Å². The van der Waals surface area contributed by atoms with Crippen molar-refractivity contribution < 1.29 is 4.74 Å². The molecule has 2 heterocycles. The maximum Gasteiger partial charge on any atom is 0.191 e. The maximum absolute atomic E-state index is 5.84. The normalized spacial score (nSPS) is 29.4. The number of likely N-dealkylation sites (tertiary alicyclic amines) is 1. The molecule has 0 aromatic heterocycles. The Morgan fingerprint density at radius 2 is 2.17 bits per heavy atom. The van der Waals surface area contributed by atoms with Crippen LogP contribution >= 0.6 is 0 Å². The van der Waals surface area contributed by atoms with E-state index in [2.05, 4.69) is 43.2 Å². The fourth-order valence-electron chi connectivity index (χ4n) is 3.60. The third-order valence-electron chi connectivity index (χ3n) is 4.82. The Morgan fingerprint density at radius 1 is 1.35 bits per heavy atom. The van der Waals surface area contributed by atoms with E-state index in [0.29, 0.717) is 6.04 Å². The summed E-state index contributed by atoms with van der Waals surface area (Å²) in [6.07, 6.45) is 4.88. The lowest BCUT2D eigenvalue weighted by Crippen LogP contribution is -2.46. The Hall–Kier alpha value is -0.810. The Labute approximate surface area is 142 Å². The fourth-order valence-corrected chi connectivity index (χ4v) is 3.60. The minimum Gasteiger partial charge on any atom is -0.373 e. The van der Waals surface area contributed by atoms with Gasteiger partial charge in [-0.05, 0) is 52.0 Å². The summed E-state index contributed by atoms with van der Waals surface area (Å²) in [7, 11) is 0. The highest BCUT2D eigenvalue weighted by Gasteiger charge is 2.29. The van der Waals surface area contributed by atoms with Gasteiger partial charge in [0.1, 0.15) is 0 Å². The lowest BCUT2D eigenvalue weighted by molar-refractivity contribution is 0.0283. The summed E-state index contributed by atoms with van der Waals surface area (Å²) < 4.78 is 5.84. The first-order chi connectivity index (χ1) is 11.0. The molecule has 0 amide bonds. The minimum absolute atomic E-state index is 0.0701. The SMILES string of the molecule is CCNC(=NCC1(C)CCCO1)NC[C@H]1CCCN1CC(C)C. The van der Waals surface area contributed by atoms with E-state index in [1.54, 1.807) is 0 Å². The molecule has 0 aliphatic carbocycles. The van der Waals surface area contributed by atoms with Crippen molar-refractivity contribution in [1.82, 2.24) is 15.5 Å². The molecule has 2 fully saturated rings. The molecule has 2 N–H and O–H groups in total. The van der Waals surface area contributed by atoms with Crippen LogP contribution in [0.1, 0.15) is 53.4 Å². The second-order valence-corrected chi connectivity index (χ2v) is 7.66. The van der Waals surface area contributed by atoms with Crippen LogP contribution < -0.4 is 10.6 Å². The van der Waals surface area contributed by atoms with Crippen molar-refractivity contribution in [2.75, 3.05) is 39.3 Å². The number of hydrogen-bond donors (Lipinski definition) is 2. The Bertz CT molecular complexity index is 377. The van der Waals surface area contributed by atoms with Gasteiger partial charge in [0.25, 0.3) is 0 Å². The van der Waals surface area contributed by atoms with E-state index < -0.39 is 0 Å². The summed E-state index contributed by atoms with van der Waals surface area (Å²) in [5, 5.41) is 6.92. The van der Waals surface area contributed by atoms with Gasteiger partial charge in [-0.25, -0.2) is 0 Å². The van der Waals surface area contributed by atoms with E-state index in [1.165, 1.54) is 25.9 Å². The van der Waals surface area contributed by atoms with Crippen molar-refractivity contribution in [3.63, 3.8) is 0 Å². The third-order valence-corrected chi connectivity index (χ3v) is 4.82. The molecule has 23 heavy (non-hydrogen) atoms. The summed E-state index contributed by atoms with van der Waals surface area (Å²) in [5.74, 6) is 1.66. The molecule has 2 aliphatic heterocycles. The molecule has 1 unspecified atom stereocenters. The standard InChI is InChI=1S/C18H36N4O/c1-5-19-17(21-14-18(4)9-7-11-23-18)20-12-16-8-6-10-22(16)13-15(2)3/h15-16H,5-14H2,1-4H3,(H2,19,20,21)/t16-,18?/m1/s1. The molecule has 5 heteroatoms. The highest BCUT2D eigenvalue weighted by atomic mass is 16.5. The molecule has 0 saturated carbocycles. The lowest BCUT2D eigenvalue weighted by atomic mass is 10.0. The number of ether oxygens (including phenoxy) is 1. The predicted octanol–water partition coefficient (Wildman–Crippen LogP) is 2.23. The van der Waals surface area contributed by atoms with Crippen LogP contribution in [0.15, 0.2) is 4.99 Å². The molecule has 134 valence electrons. The molecule has 2 atom stereocenters. The Morgan fingerprint density at radius 3 is 2.83 bits per heavy atom. The van der Waals surface area contributed by atoms with Crippen molar-refractivity contribution in [3.05, 3.63) is 0 Å². The quantitative estimate of drug-likeness (QED) is 0.557. The molecular formula is C18H36N4O. The first-order valence-corrected chi connectivity index (χ1v) is 9.42. The molecule has 5 nitrogen and oxygen atoms in total. The maximum atomic E-state index is 5.84. The van der Waals surface area contributed by atoms with Crippen LogP contribution in [-0.2, 0) is 4.74 Å². The van der Waals surface area contributed by atoms with Crippen molar-refractivity contribution >= 4 is 5.96 Å². The van der Waals surface area contributed by atoms with Crippen LogP contribution in [0.3, 0.4) is 0 Å². The van der Waals surface area contributed by atoms with Gasteiger partial charge in [-0.2, -0.15) is 0 Å². The molecule has 2 aliphatic rings. The van der Waals surface area contributed by atoms with Gasteiger partial charge in [-0.3, -0.25) is 9.89 Å². The van der Waals surface area contributed by atoms with Gasteiger partial charge < -0.3 is 15.4 Å². The molecule has 0 bridgehead atoms. The van der Waals surface area contributed by atoms with Crippen molar-refractivity contribution in [2.45, 2.75) is 65.0 Å². The number of aliphatic imine (C=N–C) groups is 1. The Balaban J connectivity index is 1.83. The number of hydrogen-bond acceptors (Lipinski definition) is 3. The first-order valence-electron chi connectivity index (χ1n) is 9.42. The van der Waals surface area contributed by atoms with Crippen LogP contribution in [0.2, 0.25) is 0 Å². The zero-order valence-electron chi connectivity index (χ0n) is 15.5. The van der Waals surface area contributed by atoms with Gasteiger partial charge in [0, 0.05) is 32.3 Å². The highest BCUT2D eigenvalue weighted by molar-refractivity contribution is 5.79. The summed E-state index contributed by atoms with van der Waals surface area (Å²) in [5.41, 5.74) is -0.0701. The first kappa shape index (κ1) is 18.5. The molecule has 0 spiro atoms. The number of nitrogens with zero attached hydrogens (tertiary/aromatic N) is 2. The second kappa shape index (κ2) is 8.88. The van der Waals surface area contributed by atoms with Gasteiger partial charge in [0.15, 0.2) is 5.96 Å². The van der Waals surface area contributed by atoms with E-state index in [4.69, 9.17) is 9.73 Å². The van der Waals surface area contributed by atoms with Crippen molar-refractivity contribution in [1.29, 1.82) is 0 Å². The summed E-state index contributed by atoms with van der Waals surface area (Å²) in [6, 6.07) is 0.638. The number of guanidine groups is 1. The van der Waals surface area contributed by atoms with Crippen LogP contribution in [-0.4, -0.2) is 61.8 Å². The second-order valence-electron chi connectivity index (χ2n) is 7.66. The largest absolute Gasteiger partial charge is 0.373 e. The van der Waals surface area contributed by atoms with Gasteiger partial charge in [-0.15, -0.1) is 0 Å². The van der Waals surface area contributed by atoms with Crippen molar-refractivity contribution in [2.24, 2.45) is 10.9 Å². The topological polar surface area (TPSA) is 48.9 Å². The number of nitrogens with one attached hydrogen (secondary N) is 2.